The van der Waals surface area contributed by atoms with Crippen molar-refractivity contribution in [2.45, 2.75) is 37.7 Å². The SMILES string of the molecule is Cc1cccc2oc(SCc3cccc(C(=O)N4CCC(C)CC4)c3)nc12. The highest BCUT2D eigenvalue weighted by molar-refractivity contribution is 7.98. The number of fused-ring (bicyclic) bond motifs is 1. The van der Waals surface area contributed by atoms with Crippen molar-refractivity contribution in [1.82, 2.24) is 9.88 Å². The van der Waals surface area contributed by atoms with Gasteiger partial charge in [0.05, 0.1) is 0 Å². The van der Waals surface area contributed by atoms with Gasteiger partial charge in [-0.05, 0) is 55.0 Å². The van der Waals surface area contributed by atoms with Crippen LogP contribution >= 0.6 is 11.8 Å². The molecule has 0 atom stereocenters. The van der Waals surface area contributed by atoms with Crippen LogP contribution in [-0.2, 0) is 5.75 Å². The quantitative estimate of drug-likeness (QED) is 0.576. The van der Waals surface area contributed by atoms with Crippen LogP contribution in [0, 0.1) is 12.8 Å². The number of rotatable bonds is 4. The van der Waals surface area contributed by atoms with Gasteiger partial charge in [-0.2, -0.15) is 0 Å². The summed E-state index contributed by atoms with van der Waals surface area (Å²) in [7, 11) is 0. The Hall–Kier alpha value is -2.27. The monoisotopic (exact) mass is 380 g/mol. The molecule has 140 valence electrons. The number of aromatic nitrogens is 1. The Morgan fingerprint density at radius 1 is 1.22 bits per heavy atom. The maximum absolute atomic E-state index is 12.8. The lowest BCUT2D eigenvalue weighted by Gasteiger charge is -2.30. The van der Waals surface area contributed by atoms with E-state index in [4.69, 9.17) is 4.42 Å². The van der Waals surface area contributed by atoms with Crippen molar-refractivity contribution in [3.63, 3.8) is 0 Å². The van der Waals surface area contributed by atoms with Crippen LogP contribution in [0.15, 0.2) is 52.1 Å². The summed E-state index contributed by atoms with van der Waals surface area (Å²) in [5.74, 6) is 1.59. The maximum atomic E-state index is 12.8. The van der Waals surface area contributed by atoms with E-state index in [9.17, 15) is 4.79 Å². The first-order chi connectivity index (χ1) is 13.1. The molecule has 3 aromatic rings. The highest BCUT2D eigenvalue weighted by atomic mass is 32.2. The summed E-state index contributed by atoms with van der Waals surface area (Å²) in [6.45, 7) is 6.02. The van der Waals surface area contributed by atoms with Gasteiger partial charge in [0.25, 0.3) is 11.1 Å². The molecule has 0 radical (unpaired) electrons. The number of piperidine rings is 1. The fourth-order valence-electron chi connectivity index (χ4n) is 3.46. The molecule has 0 unspecified atom stereocenters. The molecule has 4 rings (SSSR count). The lowest BCUT2D eigenvalue weighted by atomic mass is 9.98. The molecule has 1 aromatic heterocycles. The minimum absolute atomic E-state index is 0.145. The lowest BCUT2D eigenvalue weighted by Crippen LogP contribution is -2.37. The summed E-state index contributed by atoms with van der Waals surface area (Å²) in [6.07, 6.45) is 2.19. The highest BCUT2D eigenvalue weighted by Crippen LogP contribution is 2.28. The third-order valence-corrected chi connectivity index (χ3v) is 6.11. The largest absolute Gasteiger partial charge is 0.431 e. The number of likely N-dealkylation sites (tertiary alicyclic amines) is 1. The highest BCUT2D eigenvalue weighted by Gasteiger charge is 2.21. The first-order valence-corrected chi connectivity index (χ1v) is 10.5. The molecular formula is C22H24N2O2S. The molecule has 0 bridgehead atoms. The second-order valence-corrected chi connectivity index (χ2v) is 8.29. The average molecular weight is 381 g/mol. The van der Waals surface area contributed by atoms with Gasteiger partial charge in [-0.3, -0.25) is 4.79 Å². The van der Waals surface area contributed by atoms with Crippen molar-refractivity contribution in [1.29, 1.82) is 0 Å². The summed E-state index contributed by atoms with van der Waals surface area (Å²) in [5, 5.41) is 0.668. The predicted molar refractivity (Wildman–Crippen MR) is 109 cm³/mol. The van der Waals surface area contributed by atoms with E-state index >= 15 is 0 Å². The fourth-order valence-corrected chi connectivity index (χ4v) is 4.24. The molecule has 4 nitrogen and oxygen atoms in total. The van der Waals surface area contributed by atoms with Crippen LogP contribution in [0.2, 0.25) is 0 Å². The summed E-state index contributed by atoms with van der Waals surface area (Å²) in [5.41, 5.74) is 4.74. The molecule has 27 heavy (non-hydrogen) atoms. The van der Waals surface area contributed by atoms with Gasteiger partial charge < -0.3 is 9.32 Å². The Bertz CT molecular complexity index is 958. The first-order valence-electron chi connectivity index (χ1n) is 9.47. The number of amides is 1. The zero-order valence-corrected chi connectivity index (χ0v) is 16.6. The number of hydrogen-bond acceptors (Lipinski definition) is 4. The van der Waals surface area contributed by atoms with E-state index in [0.29, 0.717) is 5.22 Å². The number of para-hydroxylation sites is 1. The number of benzene rings is 2. The first kappa shape index (κ1) is 18.1. The van der Waals surface area contributed by atoms with E-state index in [1.807, 2.05) is 48.2 Å². The number of carbonyl (C=O) groups excluding carboxylic acids is 1. The summed E-state index contributed by atoms with van der Waals surface area (Å²) in [6, 6.07) is 13.9. The van der Waals surface area contributed by atoms with Gasteiger partial charge in [-0.1, -0.05) is 43.0 Å². The van der Waals surface area contributed by atoms with Crippen LogP contribution in [0.3, 0.4) is 0 Å². The number of oxazole rings is 1. The molecule has 1 amide bonds. The molecule has 1 aliphatic rings. The lowest BCUT2D eigenvalue weighted by molar-refractivity contribution is 0.0697. The van der Waals surface area contributed by atoms with E-state index < -0.39 is 0 Å². The third-order valence-electron chi connectivity index (χ3n) is 5.21. The van der Waals surface area contributed by atoms with Crippen LogP contribution in [0.5, 0.6) is 0 Å². The van der Waals surface area contributed by atoms with Crippen LogP contribution in [0.1, 0.15) is 41.3 Å². The zero-order chi connectivity index (χ0) is 18.8. The molecule has 1 aliphatic heterocycles. The van der Waals surface area contributed by atoms with Crippen molar-refractivity contribution in [3.8, 4) is 0 Å². The Kier molecular flexibility index (Phi) is 5.21. The normalized spacial score (nSPS) is 15.4. The summed E-state index contributed by atoms with van der Waals surface area (Å²) < 4.78 is 5.83. The Morgan fingerprint density at radius 2 is 2.00 bits per heavy atom. The van der Waals surface area contributed by atoms with Crippen LogP contribution < -0.4 is 0 Å². The van der Waals surface area contributed by atoms with Crippen molar-refractivity contribution in [2.75, 3.05) is 13.1 Å². The Balaban J connectivity index is 1.44. The smallest absolute Gasteiger partial charge is 0.257 e. The van der Waals surface area contributed by atoms with Crippen molar-refractivity contribution in [3.05, 3.63) is 59.2 Å². The number of thioether (sulfide) groups is 1. The molecule has 5 heteroatoms. The van der Waals surface area contributed by atoms with E-state index in [-0.39, 0.29) is 5.91 Å². The van der Waals surface area contributed by atoms with E-state index in [0.717, 1.165) is 65.4 Å². The van der Waals surface area contributed by atoms with E-state index in [1.54, 1.807) is 11.8 Å². The average Bonchev–Trinajstić information content (AvgIpc) is 3.11. The van der Waals surface area contributed by atoms with Gasteiger partial charge in [-0.25, -0.2) is 4.98 Å². The maximum Gasteiger partial charge on any atom is 0.257 e. The standard InChI is InChI=1S/C22H24N2O2S/c1-15-9-11-24(12-10-15)21(25)18-7-4-6-17(13-18)14-27-22-23-20-16(2)5-3-8-19(20)26-22/h3-8,13,15H,9-12,14H2,1-2H3. The molecule has 2 aromatic carbocycles. The molecule has 0 N–H and O–H groups in total. The molecule has 2 heterocycles. The minimum atomic E-state index is 0.145. The fraction of sp³-hybridized carbons (Fsp3) is 0.364. The Labute approximate surface area is 164 Å². The predicted octanol–water partition coefficient (Wildman–Crippen LogP) is 5.30. The molecular weight excluding hydrogens is 356 g/mol. The van der Waals surface area contributed by atoms with Gasteiger partial charge in [0, 0.05) is 24.4 Å². The van der Waals surface area contributed by atoms with E-state index in [2.05, 4.69) is 18.0 Å². The second-order valence-electron chi connectivity index (χ2n) is 7.37. The number of hydrogen-bond donors (Lipinski definition) is 0. The number of nitrogens with zero attached hydrogens (tertiary/aromatic N) is 2. The van der Waals surface area contributed by atoms with Crippen molar-refractivity contribution >= 4 is 28.8 Å². The van der Waals surface area contributed by atoms with Crippen LogP contribution in [0.4, 0.5) is 0 Å². The van der Waals surface area contributed by atoms with Gasteiger partial charge in [0.1, 0.15) is 5.52 Å². The van der Waals surface area contributed by atoms with Crippen LogP contribution in [0.25, 0.3) is 11.1 Å². The van der Waals surface area contributed by atoms with Crippen LogP contribution in [-0.4, -0.2) is 28.9 Å². The van der Waals surface area contributed by atoms with Crippen molar-refractivity contribution in [2.24, 2.45) is 5.92 Å². The molecule has 0 spiro atoms. The Morgan fingerprint density at radius 3 is 2.78 bits per heavy atom. The van der Waals surface area contributed by atoms with E-state index in [1.165, 1.54) is 0 Å². The minimum Gasteiger partial charge on any atom is -0.431 e. The molecule has 0 saturated carbocycles. The molecule has 1 saturated heterocycles. The molecule has 0 aliphatic carbocycles. The van der Waals surface area contributed by atoms with Gasteiger partial charge >= 0.3 is 0 Å². The topological polar surface area (TPSA) is 46.3 Å². The number of aryl methyl sites for hydroxylation is 1. The summed E-state index contributed by atoms with van der Waals surface area (Å²) >= 11 is 1.56. The summed E-state index contributed by atoms with van der Waals surface area (Å²) in [4.78, 5) is 19.3. The van der Waals surface area contributed by atoms with Crippen molar-refractivity contribution < 1.29 is 9.21 Å². The number of carbonyl (C=O) groups is 1. The zero-order valence-electron chi connectivity index (χ0n) is 15.8. The van der Waals surface area contributed by atoms with Gasteiger partial charge in [0.15, 0.2) is 5.58 Å². The second kappa shape index (κ2) is 7.77. The molecule has 1 fully saturated rings. The van der Waals surface area contributed by atoms with Gasteiger partial charge in [0.2, 0.25) is 0 Å². The third kappa shape index (κ3) is 4.03. The van der Waals surface area contributed by atoms with Gasteiger partial charge in [-0.15, -0.1) is 0 Å².